The van der Waals surface area contributed by atoms with E-state index in [1.807, 2.05) is 12.1 Å². The molecule has 0 bridgehead atoms. The van der Waals surface area contributed by atoms with E-state index in [9.17, 15) is 9.90 Å². The molecule has 1 spiro atoms. The van der Waals surface area contributed by atoms with Gasteiger partial charge in [-0.25, -0.2) is 9.97 Å². The van der Waals surface area contributed by atoms with Gasteiger partial charge in [0.2, 0.25) is 0 Å². The molecule has 0 unspecified atom stereocenters. The van der Waals surface area contributed by atoms with Crippen molar-refractivity contribution < 1.29 is 19.4 Å². The summed E-state index contributed by atoms with van der Waals surface area (Å²) >= 11 is 6.33. The number of aryl methyl sites for hydroxylation is 1. The van der Waals surface area contributed by atoms with Crippen molar-refractivity contribution in [1.82, 2.24) is 9.97 Å². The standard InChI is InChI=1S/C25H33ClN6O4/c1-15-14-17(4-7-19(15)32-10-8-25(9-11-32)35-12-13-36-25)29-23-20(22(27)34)30-21(26)24(31-23)28-16-2-5-18(33)6-3-16/h4,7,14,16,18,33H,2-3,5-6,8-13H2,1H3,(H2,27,34)(H2,28,29,31)/t16-,18-. The molecule has 1 saturated carbocycles. The van der Waals surface area contributed by atoms with E-state index in [-0.39, 0.29) is 28.8 Å². The Balaban J connectivity index is 1.32. The first-order chi connectivity index (χ1) is 17.3. The molecule has 3 aliphatic rings. The number of hydrogen-bond donors (Lipinski definition) is 4. The molecule has 10 nitrogen and oxygen atoms in total. The molecule has 1 aliphatic carbocycles. The summed E-state index contributed by atoms with van der Waals surface area (Å²) in [5.41, 5.74) is 8.54. The second kappa shape index (κ2) is 10.4. The molecule has 2 aromatic rings. The first-order valence-corrected chi connectivity index (χ1v) is 12.9. The lowest BCUT2D eigenvalue weighted by molar-refractivity contribution is -0.169. The zero-order valence-corrected chi connectivity index (χ0v) is 21.2. The van der Waals surface area contributed by atoms with Crippen molar-refractivity contribution in [1.29, 1.82) is 0 Å². The Morgan fingerprint density at radius 2 is 1.83 bits per heavy atom. The maximum Gasteiger partial charge on any atom is 0.271 e. The van der Waals surface area contributed by atoms with Gasteiger partial charge in [0.25, 0.3) is 5.91 Å². The first kappa shape index (κ1) is 25.0. The van der Waals surface area contributed by atoms with Gasteiger partial charge in [-0.3, -0.25) is 4.79 Å². The van der Waals surface area contributed by atoms with E-state index in [0.717, 1.165) is 68.6 Å². The number of primary amides is 1. The number of anilines is 4. The second-order valence-corrected chi connectivity index (χ2v) is 10.2. The quantitative estimate of drug-likeness (QED) is 0.455. The van der Waals surface area contributed by atoms with Gasteiger partial charge in [-0.1, -0.05) is 11.6 Å². The number of nitrogens with one attached hydrogen (secondary N) is 2. The molecular formula is C25H33ClN6O4. The van der Waals surface area contributed by atoms with Crippen LogP contribution in [0, 0.1) is 6.92 Å². The number of nitrogens with two attached hydrogens (primary N) is 1. The second-order valence-electron chi connectivity index (χ2n) is 9.80. The van der Waals surface area contributed by atoms with Gasteiger partial charge in [0.15, 0.2) is 28.3 Å². The van der Waals surface area contributed by atoms with Gasteiger partial charge in [0.05, 0.1) is 19.3 Å². The normalized spacial score (nSPS) is 23.6. The Hall–Kier alpha value is -2.66. The largest absolute Gasteiger partial charge is 0.393 e. The van der Waals surface area contributed by atoms with E-state index in [2.05, 4.69) is 38.5 Å². The van der Waals surface area contributed by atoms with Crippen LogP contribution in [0.15, 0.2) is 18.2 Å². The Bertz CT molecular complexity index is 1110. The van der Waals surface area contributed by atoms with Crippen molar-refractivity contribution in [2.45, 2.75) is 63.4 Å². The van der Waals surface area contributed by atoms with Crippen LogP contribution < -0.4 is 21.3 Å². The summed E-state index contributed by atoms with van der Waals surface area (Å²) in [6.07, 6.45) is 4.45. The Labute approximate surface area is 215 Å². The molecule has 194 valence electrons. The number of piperidine rings is 1. The predicted molar refractivity (Wildman–Crippen MR) is 138 cm³/mol. The van der Waals surface area contributed by atoms with Crippen molar-refractivity contribution in [3.63, 3.8) is 0 Å². The minimum absolute atomic E-state index is 0.0239. The van der Waals surface area contributed by atoms with Crippen LogP contribution in [0.5, 0.6) is 0 Å². The maximum atomic E-state index is 12.1. The van der Waals surface area contributed by atoms with Crippen molar-refractivity contribution in [3.05, 3.63) is 34.6 Å². The van der Waals surface area contributed by atoms with Gasteiger partial charge in [-0.05, 0) is 56.4 Å². The minimum Gasteiger partial charge on any atom is -0.393 e. The predicted octanol–water partition coefficient (Wildman–Crippen LogP) is 3.34. The summed E-state index contributed by atoms with van der Waals surface area (Å²) in [5, 5.41) is 16.4. The van der Waals surface area contributed by atoms with Crippen LogP contribution in [0.1, 0.15) is 54.6 Å². The molecule has 1 amide bonds. The third kappa shape index (κ3) is 5.36. The van der Waals surface area contributed by atoms with E-state index in [4.69, 9.17) is 26.8 Å². The zero-order chi connectivity index (χ0) is 25.3. The van der Waals surface area contributed by atoms with Crippen molar-refractivity contribution in [2.75, 3.05) is 41.8 Å². The number of hydrogen-bond acceptors (Lipinski definition) is 9. The summed E-state index contributed by atoms with van der Waals surface area (Å²) < 4.78 is 11.7. The smallest absolute Gasteiger partial charge is 0.271 e. The Morgan fingerprint density at radius 3 is 2.47 bits per heavy atom. The molecule has 0 radical (unpaired) electrons. The van der Waals surface area contributed by atoms with E-state index >= 15 is 0 Å². The lowest BCUT2D eigenvalue weighted by Gasteiger charge is -2.39. The molecule has 3 heterocycles. The summed E-state index contributed by atoms with van der Waals surface area (Å²) in [7, 11) is 0. The lowest BCUT2D eigenvalue weighted by Crippen LogP contribution is -2.45. The fourth-order valence-electron chi connectivity index (χ4n) is 5.28. The number of aliphatic hydroxyl groups excluding tert-OH is 1. The number of amides is 1. The molecule has 3 fully saturated rings. The first-order valence-electron chi connectivity index (χ1n) is 12.5. The average molecular weight is 517 g/mol. The fraction of sp³-hybridized carbons (Fsp3) is 0.560. The Kier molecular flexibility index (Phi) is 7.21. The highest BCUT2D eigenvalue weighted by Crippen LogP contribution is 2.35. The number of benzene rings is 1. The van der Waals surface area contributed by atoms with Crippen LogP contribution >= 0.6 is 11.6 Å². The van der Waals surface area contributed by atoms with Gasteiger partial charge in [-0.15, -0.1) is 0 Å². The number of ether oxygens (including phenoxy) is 2. The highest BCUT2D eigenvalue weighted by molar-refractivity contribution is 6.32. The van der Waals surface area contributed by atoms with Crippen LogP contribution in [0.3, 0.4) is 0 Å². The number of carbonyl (C=O) groups is 1. The molecule has 1 aromatic heterocycles. The molecule has 5 rings (SSSR count). The van der Waals surface area contributed by atoms with Crippen molar-refractivity contribution >= 4 is 40.5 Å². The Morgan fingerprint density at radius 1 is 1.14 bits per heavy atom. The summed E-state index contributed by atoms with van der Waals surface area (Å²) in [4.78, 5) is 23.2. The number of aromatic nitrogens is 2. The monoisotopic (exact) mass is 516 g/mol. The molecule has 36 heavy (non-hydrogen) atoms. The van der Waals surface area contributed by atoms with Gasteiger partial charge in [0, 0.05) is 43.3 Å². The summed E-state index contributed by atoms with van der Waals surface area (Å²) in [6, 6.07) is 6.15. The van der Waals surface area contributed by atoms with Gasteiger partial charge in [-0.2, -0.15) is 0 Å². The third-order valence-corrected chi connectivity index (χ3v) is 7.53. The third-order valence-electron chi connectivity index (χ3n) is 7.26. The number of aliphatic hydroxyl groups is 1. The SMILES string of the molecule is Cc1cc(Nc2nc(N[C@H]3CC[C@H](O)CC3)c(Cl)nc2C(N)=O)ccc1N1CCC2(CC1)OCCO2. The lowest BCUT2D eigenvalue weighted by atomic mass is 9.93. The van der Waals surface area contributed by atoms with Gasteiger partial charge in [0.1, 0.15) is 0 Å². The number of nitrogens with zero attached hydrogens (tertiary/aromatic N) is 3. The molecule has 2 saturated heterocycles. The molecule has 5 N–H and O–H groups in total. The van der Waals surface area contributed by atoms with E-state index in [0.29, 0.717) is 19.0 Å². The van der Waals surface area contributed by atoms with E-state index < -0.39 is 11.7 Å². The average Bonchev–Trinajstić information content (AvgIpc) is 3.31. The summed E-state index contributed by atoms with van der Waals surface area (Å²) in [6.45, 7) is 5.10. The van der Waals surface area contributed by atoms with Crippen LogP contribution in [0.2, 0.25) is 5.15 Å². The summed E-state index contributed by atoms with van der Waals surface area (Å²) in [5.74, 6) is -0.496. The molecule has 0 atom stereocenters. The highest BCUT2D eigenvalue weighted by Gasteiger charge is 2.40. The molecular weight excluding hydrogens is 484 g/mol. The fourth-order valence-corrected chi connectivity index (χ4v) is 5.46. The maximum absolute atomic E-state index is 12.1. The van der Waals surface area contributed by atoms with Crippen molar-refractivity contribution in [2.24, 2.45) is 5.73 Å². The van der Waals surface area contributed by atoms with Gasteiger partial charge >= 0.3 is 0 Å². The number of rotatable bonds is 6. The van der Waals surface area contributed by atoms with Crippen molar-refractivity contribution in [3.8, 4) is 0 Å². The van der Waals surface area contributed by atoms with Crippen LogP contribution in [0.25, 0.3) is 0 Å². The van der Waals surface area contributed by atoms with E-state index in [1.54, 1.807) is 0 Å². The van der Waals surface area contributed by atoms with Crippen LogP contribution in [0.4, 0.5) is 23.0 Å². The van der Waals surface area contributed by atoms with Gasteiger partial charge < -0.3 is 35.8 Å². The number of carbonyl (C=O) groups excluding carboxylic acids is 1. The van der Waals surface area contributed by atoms with E-state index in [1.165, 1.54) is 0 Å². The van der Waals surface area contributed by atoms with Crippen LogP contribution in [-0.4, -0.2) is 65.2 Å². The topological polar surface area (TPSA) is 135 Å². The molecule has 2 aliphatic heterocycles. The molecule has 11 heteroatoms. The van der Waals surface area contributed by atoms with Crippen LogP contribution in [-0.2, 0) is 9.47 Å². The number of halogens is 1. The minimum atomic E-state index is -0.717. The molecule has 1 aromatic carbocycles. The zero-order valence-electron chi connectivity index (χ0n) is 20.4. The highest BCUT2D eigenvalue weighted by atomic mass is 35.5.